The summed E-state index contributed by atoms with van der Waals surface area (Å²) in [5.41, 5.74) is 0. The Morgan fingerprint density at radius 2 is 1.72 bits per heavy atom. The summed E-state index contributed by atoms with van der Waals surface area (Å²) in [6, 6.07) is 1.58. The van der Waals surface area contributed by atoms with Gasteiger partial charge in [-0.2, -0.15) is 0 Å². The number of nitrogens with one attached hydrogen (secondary N) is 1. The standard InChI is InChI=1S/C15H33N3/c1-5-17(6-2)11-8-12-18(7-3)15-10-9-14(13-15)16-4/h14-16H,5-13H2,1-4H3. The zero-order chi connectivity index (χ0) is 13.4. The van der Waals surface area contributed by atoms with Crippen LogP contribution in [0.5, 0.6) is 0 Å². The molecular weight excluding hydrogens is 222 g/mol. The van der Waals surface area contributed by atoms with Crippen LogP contribution < -0.4 is 5.32 Å². The van der Waals surface area contributed by atoms with E-state index in [9.17, 15) is 0 Å². The van der Waals surface area contributed by atoms with Gasteiger partial charge in [-0.05, 0) is 65.5 Å². The molecule has 0 saturated heterocycles. The molecular formula is C15H33N3. The molecule has 0 bridgehead atoms. The van der Waals surface area contributed by atoms with Crippen molar-refractivity contribution in [2.75, 3.05) is 39.8 Å². The van der Waals surface area contributed by atoms with E-state index in [1.807, 2.05) is 0 Å². The predicted octanol–water partition coefficient (Wildman–Crippen LogP) is 2.18. The first-order valence-corrected chi connectivity index (χ1v) is 7.88. The maximum Gasteiger partial charge on any atom is 0.0110 e. The maximum atomic E-state index is 3.43. The van der Waals surface area contributed by atoms with E-state index < -0.39 is 0 Å². The Bertz CT molecular complexity index is 204. The zero-order valence-corrected chi connectivity index (χ0v) is 12.9. The Morgan fingerprint density at radius 1 is 1.00 bits per heavy atom. The van der Waals surface area contributed by atoms with Crippen molar-refractivity contribution in [3.63, 3.8) is 0 Å². The molecule has 1 fully saturated rings. The average Bonchev–Trinajstić information content (AvgIpc) is 2.88. The second-order valence-electron chi connectivity index (χ2n) is 5.46. The van der Waals surface area contributed by atoms with Crippen molar-refractivity contribution < 1.29 is 0 Å². The van der Waals surface area contributed by atoms with Gasteiger partial charge < -0.3 is 15.1 Å². The molecule has 1 rings (SSSR count). The van der Waals surface area contributed by atoms with E-state index in [0.29, 0.717) is 0 Å². The normalized spacial score (nSPS) is 24.3. The largest absolute Gasteiger partial charge is 0.317 e. The third-order valence-electron chi connectivity index (χ3n) is 4.55. The molecule has 1 N–H and O–H groups in total. The molecule has 1 aliphatic carbocycles. The van der Waals surface area contributed by atoms with Crippen LogP contribution in [0.15, 0.2) is 0 Å². The van der Waals surface area contributed by atoms with E-state index >= 15 is 0 Å². The lowest BCUT2D eigenvalue weighted by Gasteiger charge is -2.29. The zero-order valence-electron chi connectivity index (χ0n) is 12.9. The lowest BCUT2D eigenvalue weighted by atomic mass is 10.2. The van der Waals surface area contributed by atoms with Gasteiger partial charge in [-0.15, -0.1) is 0 Å². The minimum absolute atomic E-state index is 0.756. The topological polar surface area (TPSA) is 18.5 Å². The van der Waals surface area contributed by atoms with E-state index in [0.717, 1.165) is 12.1 Å². The maximum absolute atomic E-state index is 3.43. The first kappa shape index (κ1) is 15.9. The van der Waals surface area contributed by atoms with Gasteiger partial charge in [0.05, 0.1) is 0 Å². The average molecular weight is 255 g/mol. The molecule has 0 aromatic carbocycles. The fourth-order valence-corrected chi connectivity index (χ4v) is 3.19. The molecule has 108 valence electrons. The van der Waals surface area contributed by atoms with Crippen LogP contribution >= 0.6 is 0 Å². The Morgan fingerprint density at radius 3 is 2.22 bits per heavy atom. The van der Waals surface area contributed by atoms with Crippen LogP contribution in [-0.4, -0.2) is 61.7 Å². The van der Waals surface area contributed by atoms with Gasteiger partial charge in [-0.1, -0.05) is 20.8 Å². The molecule has 3 nitrogen and oxygen atoms in total. The van der Waals surface area contributed by atoms with Crippen LogP contribution in [0.25, 0.3) is 0 Å². The van der Waals surface area contributed by atoms with Gasteiger partial charge in [-0.3, -0.25) is 0 Å². The van der Waals surface area contributed by atoms with Gasteiger partial charge in [0.2, 0.25) is 0 Å². The van der Waals surface area contributed by atoms with E-state index in [4.69, 9.17) is 0 Å². The van der Waals surface area contributed by atoms with E-state index in [1.54, 1.807) is 0 Å². The highest BCUT2D eigenvalue weighted by Gasteiger charge is 2.27. The molecule has 0 spiro atoms. The summed E-state index contributed by atoms with van der Waals surface area (Å²) < 4.78 is 0. The highest BCUT2D eigenvalue weighted by molar-refractivity contribution is 4.85. The molecule has 2 atom stereocenters. The molecule has 1 aliphatic rings. The summed E-state index contributed by atoms with van der Waals surface area (Å²) in [5, 5.41) is 3.43. The van der Waals surface area contributed by atoms with E-state index in [2.05, 4.69) is 42.9 Å². The Kier molecular flexibility index (Phi) is 7.87. The second-order valence-corrected chi connectivity index (χ2v) is 5.46. The van der Waals surface area contributed by atoms with Gasteiger partial charge >= 0.3 is 0 Å². The fraction of sp³-hybridized carbons (Fsp3) is 1.00. The van der Waals surface area contributed by atoms with Gasteiger partial charge in [0.1, 0.15) is 0 Å². The van der Waals surface area contributed by atoms with Crippen LogP contribution in [0.3, 0.4) is 0 Å². The highest BCUT2D eigenvalue weighted by Crippen LogP contribution is 2.24. The molecule has 0 aliphatic heterocycles. The third kappa shape index (κ3) is 4.87. The number of rotatable bonds is 9. The summed E-state index contributed by atoms with van der Waals surface area (Å²) in [6.45, 7) is 12.9. The van der Waals surface area contributed by atoms with Crippen molar-refractivity contribution >= 4 is 0 Å². The van der Waals surface area contributed by atoms with Crippen LogP contribution in [-0.2, 0) is 0 Å². The predicted molar refractivity (Wildman–Crippen MR) is 80.1 cm³/mol. The van der Waals surface area contributed by atoms with Crippen molar-refractivity contribution in [2.24, 2.45) is 0 Å². The van der Waals surface area contributed by atoms with Crippen molar-refractivity contribution in [3.8, 4) is 0 Å². The van der Waals surface area contributed by atoms with Gasteiger partial charge in [0.15, 0.2) is 0 Å². The first-order chi connectivity index (χ1) is 8.74. The minimum Gasteiger partial charge on any atom is -0.317 e. The van der Waals surface area contributed by atoms with Crippen LogP contribution in [0.2, 0.25) is 0 Å². The minimum atomic E-state index is 0.756. The molecule has 0 radical (unpaired) electrons. The summed E-state index contributed by atoms with van der Waals surface area (Å²) >= 11 is 0. The Labute approximate surface area is 114 Å². The molecule has 3 heteroatoms. The Hall–Kier alpha value is -0.120. The number of hydrogen-bond donors (Lipinski definition) is 1. The van der Waals surface area contributed by atoms with Crippen molar-refractivity contribution in [2.45, 2.75) is 58.5 Å². The number of hydrogen-bond acceptors (Lipinski definition) is 3. The van der Waals surface area contributed by atoms with Gasteiger partial charge in [0.25, 0.3) is 0 Å². The Balaban J connectivity index is 2.25. The molecule has 0 aromatic rings. The third-order valence-corrected chi connectivity index (χ3v) is 4.55. The van der Waals surface area contributed by atoms with Gasteiger partial charge in [0, 0.05) is 12.1 Å². The van der Waals surface area contributed by atoms with Crippen molar-refractivity contribution in [1.29, 1.82) is 0 Å². The molecule has 0 heterocycles. The summed E-state index contributed by atoms with van der Waals surface area (Å²) in [6.07, 6.45) is 5.39. The first-order valence-electron chi connectivity index (χ1n) is 7.88. The van der Waals surface area contributed by atoms with Crippen LogP contribution in [0.1, 0.15) is 46.5 Å². The SMILES string of the molecule is CCN(CC)CCCN(CC)C1CCC(NC)C1. The molecule has 18 heavy (non-hydrogen) atoms. The highest BCUT2D eigenvalue weighted by atomic mass is 15.2. The molecule has 1 saturated carbocycles. The fourth-order valence-electron chi connectivity index (χ4n) is 3.19. The van der Waals surface area contributed by atoms with E-state index in [-0.39, 0.29) is 0 Å². The summed E-state index contributed by atoms with van der Waals surface area (Å²) in [7, 11) is 2.10. The lowest BCUT2D eigenvalue weighted by Crippen LogP contribution is -2.37. The quantitative estimate of drug-likeness (QED) is 0.681. The smallest absolute Gasteiger partial charge is 0.0110 e. The van der Waals surface area contributed by atoms with Crippen LogP contribution in [0, 0.1) is 0 Å². The van der Waals surface area contributed by atoms with Crippen LogP contribution in [0.4, 0.5) is 0 Å². The lowest BCUT2D eigenvalue weighted by molar-refractivity contribution is 0.189. The second kappa shape index (κ2) is 8.89. The van der Waals surface area contributed by atoms with Crippen molar-refractivity contribution in [1.82, 2.24) is 15.1 Å². The number of nitrogens with zero attached hydrogens (tertiary/aromatic N) is 2. The molecule has 0 amide bonds. The van der Waals surface area contributed by atoms with Gasteiger partial charge in [-0.25, -0.2) is 0 Å². The summed E-state index contributed by atoms with van der Waals surface area (Å²) in [4.78, 5) is 5.22. The summed E-state index contributed by atoms with van der Waals surface area (Å²) in [5.74, 6) is 0. The van der Waals surface area contributed by atoms with Crippen molar-refractivity contribution in [3.05, 3.63) is 0 Å². The monoisotopic (exact) mass is 255 g/mol. The molecule has 2 unspecified atom stereocenters. The van der Waals surface area contributed by atoms with E-state index in [1.165, 1.54) is 58.4 Å². The molecule has 0 aromatic heterocycles.